The Morgan fingerprint density at radius 2 is 0.857 bits per heavy atom. The van der Waals surface area contributed by atoms with Crippen LogP contribution in [0.5, 0.6) is 0 Å². The summed E-state index contributed by atoms with van der Waals surface area (Å²) >= 11 is 0. The lowest BCUT2D eigenvalue weighted by atomic mass is 10.0. The Morgan fingerprint density at radius 1 is 0.571 bits per heavy atom. The summed E-state index contributed by atoms with van der Waals surface area (Å²) in [6.07, 6.45) is 21.9. The van der Waals surface area contributed by atoms with Crippen molar-refractivity contribution < 1.29 is 4.74 Å². The first kappa shape index (κ1) is 20.5. The number of hydrogen-bond donors (Lipinski definition) is 0. The average Bonchev–Trinajstić information content (AvgIpc) is 2.46. The minimum absolute atomic E-state index is 0.596. The van der Waals surface area contributed by atoms with Gasteiger partial charge in [-0.15, -0.1) is 0 Å². The lowest BCUT2D eigenvalue weighted by Gasteiger charge is -2.03. The van der Waals surface area contributed by atoms with Gasteiger partial charge in [-0.1, -0.05) is 96.8 Å². The lowest BCUT2D eigenvalue weighted by Crippen LogP contribution is -2.01. The SMILES string of the molecule is C=[N+]([O-])CCCCCCCCCCCCCCCCCC. The molecule has 126 valence electrons. The molecule has 0 unspecified atom stereocenters. The molecule has 0 bridgehead atoms. The summed E-state index contributed by atoms with van der Waals surface area (Å²) in [4.78, 5) is 0. The second kappa shape index (κ2) is 17.5. The molecule has 0 rings (SSSR count). The quantitative estimate of drug-likeness (QED) is 0.0994. The van der Waals surface area contributed by atoms with Gasteiger partial charge in [-0.05, 0) is 6.42 Å². The van der Waals surface area contributed by atoms with Gasteiger partial charge < -0.3 is 5.21 Å². The molecule has 2 heteroatoms. The van der Waals surface area contributed by atoms with E-state index < -0.39 is 0 Å². The second-order valence-corrected chi connectivity index (χ2v) is 6.51. The van der Waals surface area contributed by atoms with Crippen LogP contribution >= 0.6 is 0 Å². The molecule has 0 aliphatic carbocycles. The van der Waals surface area contributed by atoms with Crippen LogP contribution in [0.2, 0.25) is 0 Å². The van der Waals surface area contributed by atoms with Gasteiger partial charge in [-0.2, -0.15) is 0 Å². The second-order valence-electron chi connectivity index (χ2n) is 6.51. The Balaban J connectivity index is 2.95. The van der Waals surface area contributed by atoms with Crippen LogP contribution in [0, 0.1) is 5.21 Å². The van der Waals surface area contributed by atoms with Crippen LogP contribution in [0.1, 0.15) is 110 Å². The maximum atomic E-state index is 10.6. The van der Waals surface area contributed by atoms with E-state index >= 15 is 0 Å². The lowest BCUT2D eigenvalue weighted by molar-refractivity contribution is -0.449. The minimum Gasteiger partial charge on any atom is -0.624 e. The molecule has 0 atom stereocenters. The Bertz CT molecular complexity index is 216. The summed E-state index contributed by atoms with van der Waals surface area (Å²) in [7, 11) is 0. The summed E-state index contributed by atoms with van der Waals surface area (Å²) in [5.74, 6) is 0. The fourth-order valence-corrected chi connectivity index (χ4v) is 2.84. The third-order valence-corrected chi connectivity index (χ3v) is 4.26. The van der Waals surface area contributed by atoms with E-state index in [-0.39, 0.29) is 0 Å². The van der Waals surface area contributed by atoms with Crippen LogP contribution in [0.4, 0.5) is 0 Å². The summed E-state index contributed by atoms with van der Waals surface area (Å²) in [5.41, 5.74) is 0. The van der Waals surface area contributed by atoms with Crippen molar-refractivity contribution in [1.29, 1.82) is 0 Å². The normalized spacial score (nSPS) is 10.9. The molecule has 0 saturated heterocycles. The van der Waals surface area contributed by atoms with E-state index in [0.29, 0.717) is 6.54 Å². The topological polar surface area (TPSA) is 26.1 Å². The summed E-state index contributed by atoms with van der Waals surface area (Å²) < 4.78 is 0.795. The van der Waals surface area contributed by atoms with Crippen molar-refractivity contribution in [2.45, 2.75) is 110 Å². The van der Waals surface area contributed by atoms with Crippen LogP contribution in [0.3, 0.4) is 0 Å². The highest BCUT2D eigenvalue weighted by atomic mass is 16.5. The molecule has 0 aromatic heterocycles. The summed E-state index contributed by atoms with van der Waals surface area (Å²) in [6, 6.07) is 0. The number of unbranched alkanes of at least 4 members (excludes halogenated alkanes) is 15. The number of hydroxylamine groups is 1. The minimum atomic E-state index is 0.596. The van der Waals surface area contributed by atoms with Crippen molar-refractivity contribution in [1.82, 2.24) is 0 Å². The zero-order valence-corrected chi connectivity index (χ0v) is 14.6. The monoisotopic (exact) mass is 297 g/mol. The Kier molecular flexibility index (Phi) is 17.1. The number of hydrogen-bond acceptors (Lipinski definition) is 1. The maximum absolute atomic E-state index is 10.6. The van der Waals surface area contributed by atoms with Gasteiger partial charge in [0.05, 0.1) is 0 Å². The smallest absolute Gasteiger partial charge is 0.152 e. The molecule has 0 aromatic carbocycles. The molecule has 0 N–H and O–H groups in total. The van der Waals surface area contributed by atoms with Gasteiger partial charge in [0.1, 0.15) is 6.72 Å². The van der Waals surface area contributed by atoms with Crippen molar-refractivity contribution >= 4 is 6.72 Å². The van der Waals surface area contributed by atoms with Gasteiger partial charge in [0, 0.05) is 6.42 Å². The van der Waals surface area contributed by atoms with Gasteiger partial charge in [0.15, 0.2) is 6.54 Å². The zero-order chi connectivity index (χ0) is 15.6. The molecule has 21 heavy (non-hydrogen) atoms. The largest absolute Gasteiger partial charge is 0.624 e. The van der Waals surface area contributed by atoms with Crippen LogP contribution in [0.25, 0.3) is 0 Å². The number of rotatable bonds is 17. The Hall–Kier alpha value is -0.530. The molecule has 0 heterocycles. The van der Waals surface area contributed by atoms with Gasteiger partial charge >= 0.3 is 0 Å². The molecule has 0 amide bonds. The van der Waals surface area contributed by atoms with E-state index in [1.165, 1.54) is 96.3 Å². The van der Waals surface area contributed by atoms with Crippen molar-refractivity contribution in [3.63, 3.8) is 0 Å². The van der Waals surface area contributed by atoms with Crippen LogP contribution in [-0.2, 0) is 0 Å². The highest BCUT2D eigenvalue weighted by Gasteiger charge is 1.95. The molecular formula is C19H39NO. The molecule has 0 aromatic rings. The molecule has 0 aliphatic rings. The third kappa shape index (κ3) is 19.5. The fraction of sp³-hybridized carbons (Fsp3) is 0.947. The molecule has 0 saturated carbocycles. The highest BCUT2D eigenvalue weighted by Crippen LogP contribution is 2.13. The number of nitrogens with zero attached hydrogens (tertiary/aromatic N) is 1. The van der Waals surface area contributed by atoms with Crippen molar-refractivity contribution in [2.75, 3.05) is 6.54 Å². The fourth-order valence-electron chi connectivity index (χ4n) is 2.84. The molecule has 0 aliphatic heterocycles. The predicted molar refractivity (Wildman–Crippen MR) is 95.2 cm³/mol. The molecule has 0 radical (unpaired) electrons. The van der Waals surface area contributed by atoms with E-state index in [2.05, 4.69) is 13.6 Å². The maximum Gasteiger partial charge on any atom is 0.152 e. The first-order chi connectivity index (χ1) is 10.3. The molecule has 0 fully saturated rings. The van der Waals surface area contributed by atoms with Crippen molar-refractivity contribution in [2.24, 2.45) is 0 Å². The molecule has 2 nitrogen and oxygen atoms in total. The standard InChI is InChI=1S/C19H39NO/c1-3-4-5-6-7-8-9-10-11-12-13-14-15-16-17-18-19-20(2)21/h2-19H2,1H3. The van der Waals surface area contributed by atoms with Crippen LogP contribution < -0.4 is 0 Å². The highest BCUT2D eigenvalue weighted by molar-refractivity contribution is 5.14. The Morgan fingerprint density at radius 3 is 1.14 bits per heavy atom. The molecule has 0 spiro atoms. The van der Waals surface area contributed by atoms with Gasteiger partial charge in [-0.25, -0.2) is 4.74 Å². The van der Waals surface area contributed by atoms with Crippen LogP contribution in [0.15, 0.2) is 0 Å². The predicted octanol–water partition coefficient (Wildman–Crippen LogP) is 6.46. The average molecular weight is 298 g/mol. The van der Waals surface area contributed by atoms with Crippen LogP contribution in [-0.4, -0.2) is 18.0 Å². The van der Waals surface area contributed by atoms with E-state index in [1.807, 2.05) is 0 Å². The van der Waals surface area contributed by atoms with Gasteiger partial charge in [0.2, 0.25) is 0 Å². The first-order valence-corrected chi connectivity index (χ1v) is 9.52. The summed E-state index contributed by atoms with van der Waals surface area (Å²) in [5, 5.41) is 10.6. The van der Waals surface area contributed by atoms with Crippen molar-refractivity contribution in [3.05, 3.63) is 5.21 Å². The van der Waals surface area contributed by atoms with E-state index in [0.717, 1.165) is 11.2 Å². The van der Waals surface area contributed by atoms with E-state index in [4.69, 9.17) is 0 Å². The van der Waals surface area contributed by atoms with Crippen molar-refractivity contribution in [3.8, 4) is 0 Å². The first-order valence-electron chi connectivity index (χ1n) is 9.52. The van der Waals surface area contributed by atoms with Gasteiger partial charge in [0.25, 0.3) is 0 Å². The zero-order valence-electron chi connectivity index (χ0n) is 14.6. The summed E-state index contributed by atoms with van der Waals surface area (Å²) in [6.45, 7) is 6.20. The van der Waals surface area contributed by atoms with E-state index in [1.54, 1.807) is 0 Å². The van der Waals surface area contributed by atoms with Gasteiger partial charge in [-0.3, -0.25) is 0 Å². The van der Waals surface area contributed by atoms with E-state index in [9.17, 15) is 5.21 Å². The molecular weight excluding hydrogens is 258 g/mol. The third-order valence-electron chi connectivity index (χ3n) is 4.26. The Labute approximate surface area is 133 Å².